The van der Waals surface area contributed by atoms with Crippen molar-refractivity contribution in [2.24, 2.45) is 0 Å². The van der Waals surface area contributed by atoms with Gasteiger partial charge >= 0.3 is 0 Å². The zero-order valence-corrected chi connectivity index (χ0v) is 15.4. The first-order valence-electron chi connectivity index (χ1n) is 7.91. The van der Waals surface area contributed by atoms with E-state index in [2.05, 4.69) is 79.8 Å². The van der Waals surface area contributed by atoms with Gasteiger partial charge in [-0.05, 0) is 59.0 Å². The quantitative estimate of drug-likeness (QED) is 0.311. The highest BCUT2D eigenvalue weighted by atomic mass is 32.2. The van der Waals surface area contributed by atoms with Gasteiger partial charge < -0.3 is 3.87 Å². The summed E-state index contributed by atoms with van der Waals surface area (Å²) in [6.45, 7) is 4.33. The van der Waals surface area contributed by atoms with Crippen LogP contribution in [0.2, 0.25) is 13.1 Å². The Labute approximate surface area is 144 Å². The summed E-state index contributed by atoms with van der Waals surface area (Å²) in [6, 6.07) is 24.0. The molecule has 0 amide bonds. The fraction of sp³-hybridized carbons (Fsp3) is 0.200. The van der Waals surface area contributed by atoms with Crippen LogP contribution in [0.15, 0.2) is 66.7 Å². The third kappa shape index (κ3) is 4.25. The Balaban J connectivity index is 1.74. The van der Waals surface area contributed by atoms with Crippen LogP contribution in [0.3, 0.4) is 0 Å². The van der Waals surface area contributed by atoms with Crippen molar-refractivity contribution in [1.82, 2.24) is 0 Å². The first kappa shape index (κ1) is 16.3. The molecule has 0 heterocycles. The van der Waals surface area contributed by atoms with Crippen molar-refractivity contribution in [3.63, 3.8) is 0 Å². The van der Waals surface area contributed by atoms with Crippen LogP contribution >= 0.6 is 12.0 Å². The Bertz CT molecular complexity index is 763. The molecule has 0 atom stereocenters. The van der Waals surface area contributed by atoms with Gasteiger partial charge in [0.2, 0.25) is 9.04 Å². The molecule has 3 rings (SSSR count). The SMILES string of the molecule is C[Si](C)OSCCc1ccc(-c2cccc3ccccc23)cc1. The molecule has 0 aliphatic heterocycles. The van der Waals surface area contributed by atoms with Gasteiger partial charge in [0.1, 0.15) is 0 Å². The lowest BCUT2D eigenvalue weighted by molar-refractivity contribution is 0.679. The minimum atomic E-state index is -0.588. The smallest absolute Gasteiger partial charge is 0.225 e. The third-order valence-electron chi connectivity index (χ3n) is 3.75. The Morgan fingerprint density at radius 1 is 0.870 bits per heavy atom. The maximum absolute atomic E-state index is 5.62. The Kier molecular flexibility index (Phi) is 5.54. The lowest BCUT2D eigenvalue weighted by Crippen LogP contribution is -2.02. The number of aryl methyl sites for hydroxylation is 1. The second kappa shape index (κ2) is 7.82. The molecule has 0 unspecified atom stereocenters. The molecule has 0 spiro atoms. The van der Waals surface area contributed by atoms with Crippen molar-refractivity contribution in [3.8, 4) is 11.1 Å². The zero-order chi connectivity index (χ0) is 16.1. The molecule has 0 fully saturated rings. The minimum Gasteiger partial charge on any atom is -0.358 e. The highest BCUT2D eigenvalue weighted by Gasteiger charge is 2.04. The van der Waals surface area contributed by atoms with Crippen molar-refractivity contribution < 1.29 is 3.87 Å². The molecule has 3 heteroatoms. The number of fused-ring (bicyclic) bond motifs is 1. The molecule has 117 valence electrons. The normalized spacial score (nSPS) is 11.3. The van der Waals surface area contributed by atoms with E-state index in [1.807, 2.05) is 0 Å². The summed E-state index contributed by atoms with van der Waals surface area (Å²) in [5.74, 6) is 1.02. The van der Waals surface area contributed by atoms with Gasteiger partial charge in [-0.25, -0.2) is 0 Å². The van der Waals surface area contributed by atoms with Crippen LogP contribution in [0.1, 0.15) is 5.56 Å². The van der Waals surface area contributed by atoms with E-state index in [0.29, 0.717) is 0 Å². The summed E-state index contributed by atoms with van der Waals surface area (Å²) < 4.78 is 5.62. The lowest BCUT2D eigenvalue weighted by atomic mass is 9.97. The van der Waals surface area contributed by atoms with Gasteiger partial charge in [0, 0.05) is 5.75 Å². The Morgan fingerprint density at radius 2 is 1.61 bits per heavy atom. The molecule has 23 heavy (non-hydrogen) atoms. The molecule has 0 aliphatic carbocycles. The van der Waals surface area contributed by atoms with E-state index in [0.717, 1.165) is 12.2 Å². The highest BCUT2D eigenvalue weighted by Crippen LogP contribution is 2.28. The second-order valence-electron chi connectivity index (χ2n) is 5.79. The van der Waals surface area contributed by atoms with Crippen LogP contribution in [0.5, 0.6) is 0 Å². The van der Waals surface area contributed by atoms with Crippen LogP contribution in [-0.2, 0) is 10.3 Å². The summed E-state index contributed by atoms with van der Waals surface area (Å²) in [4.78, 5) is 0. The first-order chi connectivity index (χ1) is 11.2. The number of hydrogen-bond acceptors (Lipinski definition) is 2. The lowest BCUT2D eigenvalue weighted by Gasteiger charge is -2.08. The molecule has 1 nitrogen and oxygen atoms in total. The molecule has 3 aromatic rings. The van der Waals surface area contributed by atoms with Crippen molar-refractivity contribution in [2.75, 3.05) is 5.75 Å². The van der Waals surface area contributed by atoms with E-state index in [1.165, 1.54) is 27.5 Å². The fourth-order valence-corrected chi connectivity index (χ4v) is 4.24. The van der Waals surface area contributed by atoms with Gasteiger partial charge in [0.05, 0.1) is 0 Å². The summed E-state index contributed by atoms with van der Waals surface area (Å²) in [7, 11) is -0.588. The van der Waals surface area contributed by atoms with Crippen molar-refractivity contribution in [3.05, 3.63) is 72.3 Å². The zero-order valence-electron chi connectivity index (χ0n) is 13.6. The van der Waals surface area contributed by atoms with Gasteiger partial charge in [0.25, 0.3) is 0 Å². The van der Waals surface area contributed by atoms with Gasteiger partial charge in [-0.1, -0.05) is 66.7 Å². The monoisotopic (exact) mass is 337 g/mol. The van der Waals surface area contributed by atoms with Gasteiger partial charge in [-0.15, -0.1) is 0 Å². The number of hydrogen-bond donors (Lipinski definition) is 0. The molecule has 0 aliphatic rings. The van der Waals surface area contributed by atoms with E-state index in [9.17, 15) is 0 Å². The number of benzene rings is 3. The Morgan fingerprint density at radius 3 is 2.39 bits per heavy atom. The van der Waals surface area contributed by atoms with Crippen molar-refractivity contribution in [2.45, 2.75) is 19.5 Å². The molecular formula is C20H21OSSi. The standard InChI is InChI=1S/C20H21OSSi/c1-23(2)21-22-15-14-16-10-12-18(13-11-16)20-9-5-7-17-6-3-4-8-19(17)20/h3-13H,14-15H2,1-2H3. The maximum Gasteiger partial charge on any atom is 0.225 e. The summed E-state index contributed by atoms with van der Waals surface area (Å²) in [5.41, 5.74) is 3.95. The van der Waals surface area contributed by atoms with Crippen molar-refractivity contribution in [1.29, 1.82) is 0 Å². The van der Waals surface area contributed by atoms with Crippen LogP contribution in [0.25, 0.3) is 21.9 Å². The third-order valence-corrected chi connectivity index (χ3v) is 5.93. The van der Waals surface area contributed by atoms with Crippen LogP contribution in [0, 0.1) is 0 Å². The van der Waals surface area contributed by atoms with Gasteiger partial charge in [0.15, 0.2) is 0 Å². The molecule has 0 aromatic heterocycles. The molecule has 0 saturated heterocycles. The summed E-state index contributed by atoms with van der Waals surface area (Å²) in [5, 5.41) is 2.60. The summed E-state index contributed by atoms with van der Waals surface area (Å²) >= 11 is 1.60. The van der Waals surface area contributed by atoms with E-state index in [1.54, 1.807) is 12.0 Å². The van der Waals surface area contributed by atoms with Gasteiger partial charge in [-0.2, -0.15) is 0 Å². The second-order valence-corrected chi connectivity index (χ2v) is 8.91. The van der Waals surface area contributed by atoms with Crippen LogP contribution in [0.4, 0.5) is 0 Å². The molecule has 0 N–H and O–H groups in total. The molecular weight excluding hydrogens is 316 g/mol. The molecule has 0 saturated carbocycles. The first-order valence-corrected chi connectivity index (χ1v) is 11.2. The molecule has 1 radical (unpaired) electrons. The predicted octanol–water partition coefficient (Wildman–Crippen LogP) is 5.97. The predicted molar refractivity (Wildman–Crippen MR) is 104 cm³/mol. The topological polar surface area (TPSA) is 9.23 Å². The van der Waals surface area contributed by atoms with E-state index >= 15 is 0 Å². The summed E-state index contributed by atoms with van der Waals surface area (Å²) in [6.07, 6.45) is 1.05. The fourth-order valence-electron chi connectivity index (χ4n) is 2.65. The average Bonchev–Trinajstić information content (AvgIpc) is 2.59. The van der Waals surface area contributed by atoms with Crippen LogP contribution in [-0.4, -0.2) is 14.8 Å². The Hall–Kier alpha value is -1.55. The average molecular weight is 338 g/mol. The van der Waals surface area contributed by atoms with E-state index < -0.39 is 9.04 Å². The van der Waals surface area contributed by atoms with Crippen LogP contribution < -0.4 is 0 Å². The molecule has 3 aromatic carbocycles. The minimum absolute atomic E-state index is 0.588. The largest absolute Gasteiger partial charge is 0.358 e. The number of rotatable bonds is 6. The van der Waals surface area contributed by atoms with Gasteiger partial charge in [-0.3, -0.25) is 0 Å². The van der Waals surface area contributed by atoms with Crippen molar-refractivity contribution >= 4 is 31.9 Å². The van der Waals surface area contributed by atoms with E-state index in [4.69, 9.17) is 3.87 Å². The van der Waals surface area contributed by atoms with E-state index in [-0.39, 0.29) is 0 Å². The highest BCUT2D eigenvalue weighted by molar-refractivity contribution is 7.95. The maximum atomic E-state index is 5.62. The molecule has 0 bridgehead atoms.